The number of rotatable bonds is 10. The molecule has 2 aliphatic carbocycles. The Morgan fingerprint density at radius 1 is 0.500 bits per heavy atom. The van der Waals surface area contributed by atoms with Crippen LogP contribution in [0.2, 0.25) is 0 Å². The molecule has 244 valence electrons. The second-order valence-corrected chi connectivity index (χ2v) is 14.7. The average Bonchev–Trinajstić information content (AvgIpc) is 2.92. The second-order valence-electron chi connectivity index (χ2n) is 14.7. The predicted molar refractivity (Wildman–Crippen MR) is 187 cm³/mol. The van der Waals surface area contributed by atoms with E-state index < -0.39 is 24.4 Å². The van der Waals surface area contributed by atoms with Crippen molar-refractivity contribution < 1.29 is 20.4 Å². The normalized spacial score (nSPS) is 34.4. The number of hydrogen-bond acceptors (Lipinski definition) is 4. The van der Waals surface area contributed by atoms with Crippen molar-refractivity contribution in [2.75, 3.05) is 0 Å². The molecule has 4 N–H and O–H groups in total. The van der Waals surface area contributed by atoms with Crippen molar-refractivity contribution in [1.82, 2.24) is 0 Å². The minimum Gasteiger partial charge on any atom is -0.390 e. The fraction of sp³-hybridized carbons (Fsp3) is 0.550. The van der Waals surface area contributed by atoms with Gasteiger partial charge in [0.05, 0.1) is 24.4 Å². The third-order valence-corrected chi connectivity index (χ3v) is 9.67. The van der Waals surface area contributed by atoms with Gasteiger partial charge in [-0.2, -0.15) is 0 Å². The van der Waals surface area contributed by atoms with Gasteiger partial charge >= 0.3 is 0 Å². The third-order valence-electron chi connectivity index (χ3n) is 9.67. The monoisotopic (exact) mass is 604 g/mol. The first-order chi connectivity index (χ1) is 20.5. The molecular formula is C40H60O4. The smallest absolute Gasteiger partial charge is 0.0830 e. The van der Waals surface area contributed by atoms with E-state index in [1.54, 1.807) is 0 Å². The van der Waals surface area contributed by atoms with E-state index >= 15 is 0 Å². The van der Waals surface area contributed by atoms with Crippen LogP contribution in [-0.2, 0) is 0 Å². The molecule has 0 aromatic rings. The zero-order valence-electron chi connectivity index (χ0n) is 28.9. The lowest BCUT2D eigenvalue weighted by molar-refractivity contribution is -0.0970. The van der Waals surface area contributed by atoms with Gasteiger partial charge in [0.2, 0.25) is 0 Å². The number of hydrogen-bond donors (Lipinski definition) is 4. The summed E-state index contributed by atoms with van der Waals surface area (Å²) in [5.74, 6) is 0.438. The summed E-state index contributed by atoms with van der Waals surface area (Å²) in [5, 5.41) is 41.0. The molecule has 0 aromatic carbocycles. The number of aliphatic hydroxyl groups excluding tert-OH is 4. The van der Waals surface area contributed by atoms with Gasteiger partial charge in [-0.15, -0.1) is 0 Å². The molecule has 0 aromatic heterocycles. The van der Waals surface area contributed by atoms with Crippen molar-refractivity contribution in [2.45, 2.75) is 106 Å². The predicted octanol–water partition coefficient (Wildman–Crippen LogP) is 8.36. The Hall–Kier alpha value is -2.50. The molecule has 4 heteroatoms. The SMILES string of the molecule is CC(/C=C/C=C(C)/C=C/[C@@H]1[C@@H](C)[C@H](O)[C@H](O)CC1(C)C)=C\C=C\C=C(C)\C=C\C=C(C)\C=C\[C@@H]1[C@@H](C)[C@H](O)[C@H](O)CC1(C)C. The van der Waals surface area contributed by atoms with Gasteiger partial charge in [-0.25, -0.2) is 0 Å². The average molecular weight is 605 g/mol. The molecule has 8 atom stereocenters. The first kappa shape index (κ1) is 37.7. The van der Waals surface area contributed by atoms with Gasteiger partial charge in [-0.1, -0.05) is 149 Å². The molecule has 0 heterocycles. The van der Waals surface area contributed by atoms with Gasteiger partial charge in [0.1, 0.15) is 0 Å². The second kappa shape index (κ2) is 16.7. The highest BCUT2D eigenvalue weighted by atomic mass is 16.3. The van der Waals surface area contributed by atoms with Crippen LogP contribution in [0.4, 0.5) is 0 Å². The number of aliphatic hydroxyl groups is 4. The first-order valence-electron chi connectivity index (χ1n) is 16.3. The maximum Gasteiger partial charge on any atom is 0.0830 e. The molecule has 0 saturated heterocycles. The molecular weight excluding hydrogens is 544 g/mol. The van der Waals surface area contributed by atoms with Gasteiger partial charge in [-0.05, 0) is 75.0 Å². The molecule has 0 bridgehead atoms. The molecule has 2 aliphatic rings. The van der Waals surface area contributed by atoms with Crippen LogP contribution >= 0.6 is 0 Å². The summed E-state index contributed by atoms with van der Waals surface area (Å²) in [4.78, 5) is 0. The van der Waals surface area contributed by atoms with Gasteiger partial charge < -0.3 is 20.4 Å². The molecule has 2 saturated carbocycles. The van der Waals surface area contributed by atoms with E-state index in [1.165, 1.54) is 0 Å². The lowest BCUT2D eigenvalue weighted by Crippen LogP contribution is -2.48. The quantitative estimate of drug-likeness (QED) is 0.189. The third kappa shape index (κ3) is 11.1. The van der Waals surface area contributed by atoms with Crippen LogP contribution in [0.15, 0.2) is 107 Å². The Kier molecular flexibility index (Phi) is 14.3. The minimum atomic E-state index is -0.677. The van der Waals surface area contributed by atoms with E-state index in [0.29, 0.717) is 12.8 Å². The molecule has 0 unspecified atom stereocenters. The van der Waals surface area contributed by atoms with Gasteiger partial charge in [-0.3, -0.25) is 0 Å². The Morgan fingerprint density at radius 3 is 1.14 bits per heavy atom. The summed E-state index contributed by atoms with van der Waals surface area (Å²) in [7, 11) is 0. The lowest BCUT2D eigenvalue weighted by Gasteiger charge is -2.46. The summed E-state index contributed by atoms with van der Waals surface area (Å²) < 4.78 is 0. The van der Waals surface area contributed by atoms with E-state index in [4.69, 9.17) is 0 Å². The number of allylic oxidation sites excluding steroid dienone is 18. The van der Waals surface area contributed by atoms with Crippen LogP contribution in [-0.4, -0.2) is 44.8 Å². The fourth-order valence-corrected chi connectivity index (χ4v) is 6.86. The van der Waals surface area contributed by atoms with Crippen molar-refractivity contribution >= 4 is 0 Å². The molecule has 0 aliphatic heterocycles. The van der Waals surface area contributed by atoms with Crippen LogP contribution in [0.5, 0.6) is 0 Å². The summed E-state index contributed by atoms with van der Waals surface area (Å²) in [6.45, 7) is 21.0. The van der Waals surface area contributed by atoms with Crippen LogP contribution < -0.4 is 0 Å². The highest BCUT2D eigenvalue weighted by molar-refractivity contribution is 5.32. The molecule has 2 fully saturated rings. The topological polar surface area (TPSA) is 80.9 Å². The minimum absolute atomic E-state index is 0.0119. The summed E-state index contributed by atoms with van der Waals surface area (Å²) >= 11 is 0. The molecule has 2 rings (SSSR count). The highest BCUT2D eigenvalue weighted by Crippen LogP contribution is 2.46. The van der Waals surface area contributed by atoms with E-state index in [-0.39, 0.29) is 34.5 Å². The molecule has 0 radical (unpaired) electrons. The summed E-state index contributed by atoms with van der Waals surface area (Å²) in [5.41, 5.74) is 4.47. The van der Waals surface area contributed by atoms with E-state index in [9.17, 15) is 20.4 Å². The van der Waals surface area contributed by atoms with E-state index in [2.05, 4.69) is 128 Å². The Balaban J connectivity index is 1.89. The van der Waals surface area contributed by atoms with Crippen LogP contribution in [0, 0.1) is 34.5 Å². The largest absolute Gasteiger partial charge is 0.390 e. The highest BCUT2D eigenvalue weighted by Gasteiger charge is 2.45. The van der Waals surface area contributed by atoms with Crippen molar-refractivity contribution in [2.24, 2.45) is 34.5 Å². The fourth-order valence-electron chi connectivity index (χ4n) is 6.86. The van der Waals surface area contributed by atoms with Crippen molar-refractivity contribution in [1.29, 1.82) is 0 Å². The standard InChI is InChI=1S/C40H60O4/c1-27(17-13-19-29(3)21-23-33-31(5)37(43)35(41)25-39(33,7)8)15-11-12-16-28(2)18-14-20-30(4)22-24-34-32(6)38(44)36(42)26-40(34,9)10/h11-24,31-38,41-44H,25-26H2,1-10H3/b12-11+,17-13+,18-14+,23-21+,24-22+,27-15+,28-16+,29-19+,30-20+/t31-,32-,33-,34-,35-,36-,37+,38+/m1/s1. The molecule has 0 spiro atoms. The van der Waals surface area contributed by atoms with Crippen molar-refractivity contribution in [3.63, 3.8) is 0 Å². The maximum atomic E-state index is 10.3. The summed E-state index contributed by atoms with van der Waals surface area (Å²) in [6.07, 6.45) is 27.9. The first-order valence-corrected chi connectivity index (χ1v) is 16.3. The summed E-state index contributed by atoms with van der Waals surface area (Å²) in [6, 6.07) is 0. The maximum absolute atomic E-state index is 10.3. The molecule has 4 nitrogen and oxygen atoms in total. The molecule has 44 heavy (non-hydrogen) atoms. The van der Waals surface area contributed by atoms with Crippen molar-refractivity contribution in [3.8, 4) is 0 Å². The van der Waals surface area contributed by atoms with Crippen LogP contribution in [0.25, 0.3) is 0 Å². The Bertz CT molecular complexity index is 1120. The van der Waals surface area contributed by atoms with Gasteiger partial charge in [0.25, 0.3) is 0 Å². The van der Waals surface area contributed by atoms with Gasteiger partial charge in [0.15, 0.2) is 0 Å². The van der Waals surface area contributed by atoms with Crippen LogP contribution in [0.3, 0.4) is 0 Å². The van der Waals surface area contributed by atoms with E-state index in [1.807, 2.05) is 26.0 Å². The lowest BCUT2D eigenvalue weighted by atomic mass is 9.62. The van der Waals surface area contributed by atoms with E-state index in [0.717, 1.165) is 22.3 Å². The van der Waals surface area contributed by atoms with Gasteiger partial charge in [0, 0.05) is 0 Å². The van der Waals surface area contributed by atoms with Crippen LogP contribution in [0.1, 0.15) is 82.1 Å². The Morgan fingerprint density at radius 2 is 0.795 bits per heavy atom. The zero-order valence-corrected chi connectivity index (χ0v) is 28.9. The van der Waals surface area contributed by atoms with Crippen molar-refractivity contribution in [3.05, 3.63) is 107 Å². The molecule has 0 amide bonds. The zero-order chi connectivity index (χ0) is 33.2. The Labute approximate surface area is 268 Å².